The molecule has 0 amide bonds. The van der Waals surface area contributed by atoms with E-state index in [0.717, 1.165) is 31.2 Å². The summed E-state index contributed by atoms with van der Waals surface area (Å²) in [7, 11) is 1.43. The molecule has 1 aliphatic rings. The number of rotatable bonds is 5. The molecule has 0 heterocycles. The van der Waals surface area contributed by atoms with Crippen molar-refractivity contribution < 1.29 is 14.6 Å². The maximum atomic E-state index is 12.2. The van der Waals surface area contributed by atoms with Crippen molar-refractivity contribution in [3.05, 3.63) is 35.9 Å². The SMILES string of the molecule is COC(=O)C1(NCC(O)c2ccccc2)CCC(C)CC1. The van der Waals surface area contributed by atoms with E-state index in [1.165, 1.54) is 7.11 Å². The summed E-state index contributed by atoms with van der Waals surface area (Å²) in [6, 6.07) is 9.50. The van der Waals surface area contributed by atoms with Crippen LogP contribution in [-0.2, 0) is 9.53 Å². The first-order valence-electron chi connectivity index (χ1n) is 7.64. The molecule has 1 atom stereocenters. The highest BCUT2D eigenvalue weighted by atomic mass is 16.5. The van der Waals surface area contributed by atoms with Gasteiger partial charge in [0.1, 0.15) is 5.54 Å². The lowest BCUT2D eigenvalue weighted by molar-refractivity contribution is -0.150. The number of esters is 1. The molecule has 116 valence electrons. The molecule has 0 bridgehead atoms. The van der Waals surface area contributed by atoms with Crippen molar-refractivity contribution in [2.24, 2.45) is 5.92 Å². The second kappa shape index (κ2) is 7.05. The molecule has 0 aromatic heterocycles. The van der Waals surface area contributed by atoms with Crippen LogP contribution in [0.1, 0.15) is 44.3 Å². The molecule has 1 fully saturated rings. The average Bonchev–Trinajstić information content (AvgIpc) is 2.54. The number of hydrogen-bond donors (Lipinski definition) is 2. The molecular formula is C17H25NO3. The van der Waals surface area contributed by atoms with Gasteiger partial charge in [-0.15, -0.1) is 0 Å². The lowest BCUT2D eigenvalue weighted by Crippen LogP contribution is -2.55. The van der Waals surface area contributed by atoms with Gasteiger partial charge < -0.3 is 9.84 Å². The summed E-state index contributed by atoms with van der Waals surface area (Å²) in [6.45, 7) is 2.56. The van der Waals surface area contributed by atoms with Crippen LogP contribution in [0.5, 0.6) is 0 Å². The Morgan fingerprint density at radius 3 is 2.57 bits per heavy atom. The molecule has 2 N–H and O–H groups in total. The Morgan fingerprint density at radius 2 is 2.00 bits per heavy atom. The number of aliphatic hydroxyl groups excluding tert-OH is 1. The molecule has 0 spiro atoms. The summed E-state index contributed by atoms with van der Waals surface area (Å²) in [6.07, 6.45) is 2.92. The summed E-state index contributed by atoms with van der Waals surface area (Å²) < 4.78 is 4.98. The molecule has 1 aromatic rings. The highest BCUT2D eigenvalue weighted by Crippen LogP contribution is 2.33. The number of hydrogen-bond acceptors (Lipinski definition) is 4. The second-order valence-electron chi connectivity index (χ2n) is 6.06. The first kappa shape index (κ1) is 16.0. The molecule has 4 nitrogen and oxygen atoms in total. The zero-order valence-electron chi connectivity index (χ0n) is 12.8. The third-order valence-electron chi connectivity index (χ3n) is 4.52. The summed E-state index contributed by atoms with van der Waals surface area (Å²) >= 11 is 0. The Labute approximate surface area is 126 Å². The Morgan fingerprint density at radius 1 is 1.38 bits per heavy atom. The number of aliphatic hydroxyl groups is 1. The Bertz CT molecular complexity index is 452. The van der Waals surface area contributed by atoms with E-state index in [0.29, 0.717) is 12.5 Å². The molecule has 0 radical (unpaired) electrons. The Balaban J connectivity index is 2.01. The predicted molar refractivity (Wildman–Crippen MR) is 81.8 cm³/mol. The van der Waals surface area contributed by atoms with Crippen molar-refractivity contribution >= 4 is 5.97 Å². The van der Waals surface area contributed by atoms with Crippen LogP contribution in [0.2, 0.25) is 0 Å². The molecule has 1 aromatic carbocycles. The highest BCUT2D eigenvalue weighted by Gasteiger charge is 2.42. The highest BCUT2D eigenvalue weighted by molar-refractivity contribution is 5.80. The van der Waals surface area contributed by atoms with Crippen molar-refractivity contribution in [1.29, 1.82) is 0 Å². The zero-order valence-corrected chi connectivity index (χ0v) is 12.8. The molecule has 2 rings (SSSR count). The number of ether oxygens (including phenoxy) is 1. The molecule has 4 heteroatoms. The van der Waals surface area contributed by atoms with Gasteiger partial charge in [0.25, 0.3) is 0 Å². The first-order valence-corrected chi connectivity index (χ1v) is 7.64. The predicted octanol–water partition coefficient (Wildman–Crippen LogP) is 2.43. The molecule has 1 saturated carbocycles. The van der Waals surface area contributed by atoms with Gasteiger partial charge in [-0.2, -0.15) is 0 Å². The Kier molecular flexibility index (Phi) is 5.37. The minimum atomic E-state index is -0.642. The van der Waals surface area contributed by atoms with Crippen molar-refractivity contribution in [3.63, 3.8) is 0 Å². The molecule has 1 unspecified atom stereocenters. The summed E-state index contributed by atoms with van der Waals surface area (Å²) in [5.74, 6) is 0.429. The van der Waals surface area contributed by atoms with Crippen LogP contribution in [0, 0.1) is 5.92 Å². The fourth-order valence-corrected chi connectivity index (χ4v) is 2.99. The summed E-state index contributed by atoms with van der Waals surface area (Å²) in [5, 5.41) is 13.5. The number of methoxy groups -OCH3 is 1. The van der Waals surface area contributed by atoms with Gasteiger partial charge in [-0.05, 0) is 37.2 Å². The zero-order chi connectivity index (χ0) is 15.3. The molecule has 0 aliphatic heterocycles. The molecule has 21 heavy (non-hydrogen) atoms. The monoisotopic (exact) mass is 291 g/mol. The van der Waals surface area contributed by atoms with Gasteiger partial charge in [-0.1, -0.05) is 37.3 Å². The summed E-state index contributed by atoms with van der Waals surface area (Å²) in [5.41, 5.74) is 0.214. The summed E-state index contributed by atoms with van der Waals surface area (Å²) in [4.78, 5) is 12.2. The van der Waals surface area contributed by atoms with Gasteiger partial charge in [-0.25, -0.2) is 0 Å². The fourth-order valence-electron chi connectivity index (χ4n) is 2.99. The maximum Gasteiger partial charge on any atom is 0.326 e. The van der Waals surface area contributed by atoms with Crippen LogP contribution in [0.3, 0.4) is 0 Å². The van der Waals surface area contributed by atoms with E-state index in [1.807, 2.05) is 30.3 Å². The smallest absolute Gasteiger partial charge is 0.326 e. The largest absolute Gasteiger partial charge is 0.468 e. The fraction of sp³-hybridized carbons (Fsp3) is 0.588. The average molecular weight is 291 g/mol. The second-order valence-corrected chi connectivity index (χ2v) is 6.06. The topological polar surface area (TPSA) is 58.6 Å². The van der Waals surface area contributed by atoms with Crippen LogP contribution in [0.4, 0.5) is 0 Å². The lowest BCUT2D eigenvalue weighted by Gasteiger charge is -2.38. The lowest BCUT2D eigenvalue weighted by atomic mass is 9.77. The van der Waals surface area contributed by atoms with Gasteiger partial charge >= 0.3 is 5.97 Å². The van der Waals surface area contributed by atoms with Gasteiger partial charge in [-0.3, -0.25) is 10.1 Å². The van der Waals surface area contributed by atoms with E-state index in [4.69, 9.17) is 4.74 Å². The van der Waals surface area contributed by atoms with Gasteiger partial charge in [0.05, 0.1) is 13.2 Å². The van der Waals surface area contributed by atoms with E-state index in [9.17, 15) is 9.90 Å². The number of β-amino-alcohol motifs (C(OH)–C–C–N with tert-alkyl or cyclic N) is 1. The van der Waals surface area contributed by atoms with Crippen molar-refractivity contribution in [2.45, 2.75) is 44.2 Å². The van der Waals surface area contributed by atoms with Crippen LogP contribution in [-0.4, -0.2) is 30.3 Å². The van der Waals surface area contributed by atoms with E-state index >= 15 is 0 Å². The first-order chi connectivity index (χ1) is 10.1. The normalized spacial score (nSPS) is 27.1. The molecule has 0 saturated heterocycles. The van der Waals surface area contributed by atoms with Crippen LogP contribution < -0.4 is 5.32 Å². The van der Waals surface area contributed by atoms with E-state index < -0.39 is 11.6 Å². The standard InChI is InChI=1S/C17H25NO3/c1-13-8-10-17(11-9-13,16(20)21-2)18-12-15(19)14-6-4-3-5-7-14/h3-7,13,15,18-19H,8-12H2,1-2H3. The third-order valence-corrected chi connectivity index (χ3v) is 4.52. The van der Waals surface area contributed by atoms with E-state index in [1.54, 1.807) is 0 Å². The Hall–Kier alpha value is -1.39. The van der Waals surface area contributed by atoms with Crippen molar-refractivity contribution in [2.75, 3.05) is 13.7 Å². The number of carbonyl (C=O) groups excluding carboxylic acids is 1. The van der Waals surface area contributed by atoms with Crippen LogP contribution in [0.25, 0.3) is 0 Å². The number of benzene rings is 1. The van der Waals surface area contributed by atoms with E-state index in [-0.39, 0.29) is 5.97 Å². The third kappa shape index (κ3) is 3.83. The number of carbonyl (C=O) groups is 1. The van der Waals surface area contributed by atoms with Gasteiger partial charge in [0.2, 0.25) is 0 Å². The van der Waals surface area contributed by atoms with Crippen LogP contribution in [0.15, 0.2) is 30.3 Å². The molecular weight excluding hydrogens is 266 g/mol. The number of nitrogens with one attached hydrogen (secondary N) is 1. The minimum Gasteiger partial charge on any atom is -0.468 e. The van der Waals surface area contributed by atoms with Gasteiger partial charge in [0.15, 0.2) is 0 Å². The molecule has 1 aliphatic carbocycles. The van der Waals surface area contributed by atoms with Gasteiger partial charge in [0, 0.05) is 6.54 Å². The quantitative estimate of drug-likeness (QED) is 0.818. The van der Waals surface area contributed by atoms with Crippen molar-refractivity contribution in [1.82, 2.24) is 5.32 Å². The van der Waals surface area contributed by atoms with Crippen LogP contribution >= 0.6 is 0 Å². The minimum absolute atomic E-state index is 0.213. The van der Waals surface area contributed by atoms with E-state index in [2.05, 4.69) is 12.2 Å². The van der Waals surface area contributed by atoms with Crippen molar-refractivity contribution in [3.8, 4) is 0 Å². The maximum absolute atomic E-state index is 12.2.